The Hall–Kier alpha value is -2.68. The highest BCUT2D eigenvalue weighted by Gasteiger charge is 2.24. The summed E-state index contributed by atoms with van der Waals surface area (Å²) in [6.45, 7) is 0. The standard InChI is InChI=1S/C16H10NO2/c18-15-10-11-16(19)17(15)14-8-6-13(7-9-14)12-4-2-1-3-5-12/h2-11H. The Labute approximate surface area is 110 Å². The highest BCUT2D eigenvalue weighted by Crippen LogP contribution is 2.24. The van der Waals surface area contributed by atoms with Crippen molar-refractivity contribution in [1.82, 2.24) is 0 Å². The van der Waals surface area contributed by atoms with Crippen LogP contribution >= 0.6 is 0 Å². The number of imide groups is 1. The molecule has 1 heterocycles. The molecule has 0 fully saturated rings. The maximum Gasteiger partial charge on any atom is 0.258 e. The number of carbonyl (C=O) groups is 2. The number of hydrogen-bond donors (Lipinski definition) is 0. The summed E-state index contributed by atoms with van der Waals surface area (Å²) in [6.07, 6.45) is 2.56. The fourth-order valence-electron chi connectivity index (χ4n) is 2.04. The molecule has 0 bridgehead atoms. The second-order valence-corrected chi connectivity index (χ2v) is 4.18. The zero-order valence-corrected chi connectivity index (χ0v) is 10.0. The lowest BCUT2D eigenvalue weighted by Crippen LogP contribution is -2.29. The van der Waals surface area contributed by atoms with E-state index in [4.69, 9.17) is 0 Å². The average molecular weight is 248 g/mol. The topological polar surface area (TPSA) is 37.4 Å². The van der Waals surface area contributed by atoms with E-state index >= 15 is 0 Å². The molecular formula is C16H10NO2. The zero-order chi connectivity index (χ0) is 13.2. The first-order chi connectivity index (χ1) is 9.25. The van der Waals surface area contributed by atoms with Gasteiger partial charge in [-0.1, -0.05) is 36.4 Å². The Morgan fingerprint density at radius 2 is 1.26 bits per heavy atom. The molecule has 2 aromatic rings. The number of nitrogens with zero attached hydrogens (tertiary/aromatic N) is 1. The fraction of sp³-hybridized carbons (Fsp3) is 0. The molecule has 3 nitrogen and oxygen atoms in total. The first-order valence-corrected chi connectivity index (χ1v) is 5.88. The first kappa shape index (κ1) is 11.4. The van der Waals surface area contributed by atoms with Gasteiger partial charge in [-0.3, -0.25) is 9.59 Å². The summed E-state index contributed by atoms with van der Waals surface area (Å²) in [6, 6.07) is 17.9. The van der Waals surface area contributed by atoms with Crippen LogP contribution in [0.1, 0.15) is 0 Å². The van der Waals surface area contributed by atoms with E-state index < -0.39 is 0 Å². The lowest BCUT2D eigenvalue weighted by molar-refractivity contribution is -0.119. The van der Waals surface area contributed by atoms with Crippen LogP contribution in [0.25, 0.3) is 11.1 Å². The van der Waals surface area contributed by atoms with Crippen molar-refractivity contribution in [3.05, 3.63) is 66.7 Å². The Balaban J connectivity index is 1.92. The summed E-state index contributed by atoms with van der Waals surface area (Å²) in [5, 5.41) is 0. The van der Waals surface area contributed by atoms with E-state index in [1.54, 1.807) is 12.1 Å². The van der Waals surface area contributed by atoms with Gasteiger partial charge in [0.1, 0.15) is 0 Å². The Kier molecular flexibility index (Phi) is 2.72. The van der Waals surface area contributed by atoms with E-state index in [9.17, 15) is 9.59 Å². The van der Waals surface area contributed by atoms with Gasteiger partial charge in [0.25, 0.3) is 11.8 Å². The summed E-state index contributed by atoms with van der Waals surface area (Å²) in [5.74, 6) is -0.598. The summed E-state index contributed by atoms with van der Waals surface area (Å²) >= 11 is 0. The van der Waals surface area contributed by atoms with Crippen LogP contribution < -0.4 is 4.90 Å². The molecule has 3 rings (SSSR count). The van der Waals surface area contributed by atoms with Crippen LogP contribution in [0.2, 0.25) is 0 Å². The zero-order valence-electron chi connectivity index (χ0n) is 10.0. The van der Waals surface area contributed by atoms with Gasteiger partial charge < -0.3 is 0 Å². The fourth-order valence-corrected chi connectivity index (χ4v) is 2.04. The van der Waals surface area contributed by atoms with E-state index in [0.717, 1.165) is 16.0 Å². The molecule has 0 aliphatic carbocycles. The monoisotopic (exact) mass is 248 g/mol. The van der Waals surface area contributed by atoms with Gasteiger partial charge in [0.2, 0.25) is 0 Å². The van der Waals surface area contributed by atoms with Crippen LogP contribution in [-0.2, 0) is 9.59 Å². The minimum absolute atomic E-state index is 0.299. The molecule has 1 aliphatic rings. The summed E-state index contributed by atoms with van der Waals surface area (Å²) in [5.41, 5.74) is 2.69. The van der Waals surface area contributed by atoms with Crippen molar-refractivity contribution in [2.45, 2.75) is 0 Å². The average Bonchev–Trinajstić information content (AvgIpc) is 2.79. The molecule has 2 aromatic carbocycles. The minimum atomic E-state index is -0.299. The third-order valence-corrected chi connectivity index (χ3v) is 2.99. The van der Waals surface area contributed by atoms with Gasteiger partial charge in [-0.05, 0) is 29.3 Å². The highest BCUT2D eigenvalue weighted by atomic mass is 16.2. The second-order valence-electron chi connectivity index (χ2n) is 4.18. The third kappa shape index (κ3) is 2.06. The number of benzene rings is 2. The number of amides is 2. The van der Waals surface area contributed by atoms with Crippen LogP contribution in [0.4, 0.5) is 5.69 Å². The number of anilines is 1. The molecule has 1 radical (unpaired) electrons. The van der Waals surface area contributed by atoms with Crippen molar-refractivity contribution < 1.29 is 9.59 Å². The molecule has 0 N–H and O–H groups in total. The van der Waals surface area contributed by atoms with Crippen molar-refractivity contribution in [1.29, 1.82) is 0 Å². The van der Waals surface area contributed by atoms with Crippen LogP contribution in [0.15, 0.2) is 60.7 Å². The summed E-state index contributed by atoms with van der Waals surface area (Å²) in [7, 11) is 0. The maximum absolute atomic E-state index is 11.6. The number of carbonyl (C=O) groups excluding carboxylic acids is 2. The van der Waals surface area contributed by atoms with E-state index in [0.29, 0.717) is 5.69 Å². The minimum Gasteiger partial charge on any atom is -0.269 e. The second kappa shape index (κ2) is 4.53. The van der Waals surface area contributed by atoms with E-state index in [-0.39, 0.29) is 11.8 Å². The van der Waals surface area contributed by atoms with Crippen molar-refractivity contribution in [3.63, 3.8) is 0 Å². The van der Waals surface area contributed by atoms with Crippen molar-refractivity contribution in [3.8, 4) is 11.1 Å². The van der Waals surface area contributed by atoms with E-state index in [2.05, 4.69) is 6.07 Å². The molecule has 1 aliphatic heterocycles. The molecule has 0 aromatic heterocycles. The maximum atomic E-state index is 11.6. The molecule has 0 atom stereocenters. The SMILES string of the molecule is O=C1C=CC(=O)N1c1ccc(-c2cc[c]cc2)cc1. The highest BCUT2D eigenvalue weighted by molar-refractivity contribution is 6.28. The van der Waals surface area contributed by atoms with Crippen LogP contribution in [0, 0.1) is 6.07 Å². The van der Waals surface area contributed by atoms with Gasteiger partial charge in [-0.2, -0.15) is 0 Å². The lowest BCUT2D eigenvalue weighted by atomic mass is 10.1. The first-order valence-electron chi connectivity index (χ1n) is 5.88. The Bertz CT molecular complexity index is 639. The molecular weight excluding hydrogens is 238 g/mol. The molecule has 19 heavy (non-hydrogen) atoms. The van der Waals surface area contributed by atoms with E-state index in [1.807, 2.05) is 36.4 Å². The predicted octanol–water partition coefficient (Wildman–Crippen LogP) is 2.58. The van der Waals surface area contributed by atoms with Crippen molar-refractivity contribution in [2.75, 3.05) is 4.90 Å². The molecule has 0 saturated heterocycles. The third-order valence-electron chi connectivity index (χ3n) is 2.99. The van der Waals surface area contributed by atoms with Crippen molar-refractivity contribution >= 4 is 17.5 Å². The number of hydrogen-bond acceptors (Lipinski definition) is 2. The largest absolute Gasteiger partial charge is 0.269 e. The van der Waals surface area contributed by atoms with Crippen LogP contribution in [0.5, 0.6) is 0 Å². The van der Waals surface area contributed by atoms with Gasteiger partial charge in [0.05, 0.1) is 5.69 Å². The molecule has 3 heteroatoms. The summed E-state index contributed by atoms with van der Waals surface area (Å²) in [4.78, 5) is 24.3. The van der Waals surface area contributed by atoms with Crippen molar-refractivity contribution in [2.24, 2.45) is 0 Å². The summed E-state index contributed by atoms with van der Waals surface area (Å²) < 4.78 is 0. The van der Waals surface area contributed by atoms with Crippen LogP contribution in [0.3, 0.4) is 0 Å². The Morgan fingerprint density at radius 3 is 1.84 bits per heavy atom. The Morgan fingerprint density at radius 1 is 0.737 bits per heavy atom. The smallest absolute Gasteiger partial charge is 0.258 e. The van der Waals surface area contributed by atoms with Crippen LogP contribution in [-0.4, -0.2) is 11.8 Å². The van der Waals surface area contributed by atoms with Gasteiger partial charge >= 0.3 is 0 Å². The molecule has 2 amide bonds. The lowest BCUT2D eigenvalue weighted by Gasteiger charge is -2.14. The number of rotatable bonds is 2. The van der Waals surface area contributed by atoms with Gasteiger partial charge in [-0.25, -0.2) is 4.90 Å². The molecule has 0 saturated carbocycles. The van der Waals surface area contributed by atoms with Gasteiger partial charge in [0.15, 0.2) is 0 Å². The van der Waals surface area contributed by atoms with Gasteiger partial charge in [0, 0.05) is 12.2 Å². The predicted molar refractivity (Wildman–Crippen MR) is 72.3 cm³/mol. The normalized spacial score (nSPS) is 14.2. The quantitative estimate of drug-likeness (QED) is 0.766. The molecule has 0 spiro atoms. The van der Waals surface area contributed by atoms with E-state index in [1.165, 1.54) is 12.2 Å². The molecule has 0 unspecified atom stereocenters. The van der Waals surface area contributed by atoms with Gasteiger partial charge in [-0.15, -0.1) is 0 Å². The molecule has 91 valence electrons.